The van der Waals surface area contributed by atoms with Crippen LogP contribution in [0.1, 0.15) is 32.1 Å². The van der Waals surface area contributed by atoms with Crippen LogP contribution >= 0.6 is 0 Å². The molecule has 0 aromatic carbocycles. The first-order chi connectivity index (χ1) is 8.75. The summed E-state index contributed by atoms with van der Waals surface area (Å²) < 4.78 is 4.89. The van der Waals surface area contributed by atoms with E-state index in [9.17, 15) is 9.59 Å². The van der Waals surface area contributed by atoms with E-state index >= 15 is 0 Å². The Morgan fingerprint density at radius 3 is 1.94 bits per heavy atom. The highest BCUT2D eigenvalue weighted by atomic mass is 16.6. The van der Waals surface area contributed by atoms with Crippen molar-refractivity contribution < 1.29 is 14.3 Å². The van der Waals surface area contributed by atoms with Crippen molar-refractivity contribution >= 4 is 11.9 Å². The molecule has 4 bridgehead atoms. The summed E-state index contributed by atoms with van der Waals surface area (Å²) in [7, 11) is 0. The van der Waals surface area contributed by atoms with Gasteiger partial charge in [0.15, 0.2) is 0 Å². The Kier molecular flexibility index (Phi) is 1.57. The first kappa shape index (κ1) is 9.76. The quantitative estimate of drug-likeness (QED) is 0.283. The summed E-state index contributed by atoms with van der Waals surface area (Å²) in [5, 5.41) is 0. The van der Waals surface area contributed by atoms with Gasteiger partial charge in [0, 0.05) is 0 Å². The third-order valence-electron chi connectivity index (χ3n) is 6.19. The molecule has 1 saturated heterocycles. The number of fused-ring (bicyclic) bond motifs is 11. The molecule has 5 rings (SSSR count). The Morgan fingerprint density at radius 1 is 0.833 bits per heavy atom. The van der Waals surface area contributed by atoms with Crippen molar-refractivity contribution in [2.45, 2.75) is 32.1 Å². The van der Waals surface area contributed by atoms with Gasteiger partial charge in [-0.25, -0.2) is 0 Å². The molecule has 6 atom stereocenters. The maximum absolute atomic E-state index is 11.9. The summed E-state index contributed by atoms with van der Waals surface area (Å²) in [5.41, 5.74) is 3.21. The molecule has 5 aliphatic rings. The summed E-state index contributed by atoms with van der Waals surface area (Å²) in [5.74, 6) is 1.51. The lowest BCUT2D eigenvalue weighted by molar-refractivity contribution is -0.154. The van der Waals surface area contributed by atoms with Crippen LogP contribution in [-0.2, 0) is 14.3 Å². The molecule has 0 aromatic heterocycles. The zero-order chi connectivity index (χ0) is 12.0. The van der Waals surface area contributed by atoms with E-state index in [1.165, 1.54) is 25.7 Å². The largest absolute Gasteiger partial charge is 0.393 e. The fourth-order valence-electron chi connectivity index (χ4n) is 5.82. The van der Waals surface area contributed by atoms with Crippen LogP contribution in [-0.4, -0.2) is 11.9 Å². The average Bonchev–Trinajstić information content (AvgIpc) is 3.04. The fraction of sp³-hybridized carbons (Fsp3) is 0.733. The van der Waals surface area contributed by atoms with Gasteiger partial charge < -0.3 is 4.74 Å². The number of ether oxygens (including phenoxy) is 1. The van der Waals surface area contributed by atoms with E-state index in [0.717, 1.165) is 18.3 Å². The highest BCUT2D eigenvalue weighted by Gasteiger charge is 2.65. The van der Waals surface area contributed by atoms with Crippen molar-refractivity contribution in [2.75, 3.05) is 0 Å². The second kappa shape index (κ2) is 2.89. The molecule has 3 nitrogen and oxygen atoms in total. The van der Waals surface area contributed by atoms with Gasteiger partial charge in [-0.15, -0.1) is 0 Å². The molecule has 0 radical (unpaired) electrons. The summed E-state index contributed by atoms with van der Waals surface area (Å²) in [6, 6.07) is 0. The van der Waals surface area contributed by atoms with Crippen molar-refractivity contribution in [1.82, 2.24) is 0 Å². The van der Waals surface area contributed by atoms with E-state index in [4.69, 9.17) is 4.74 Å². The molecule has 0 aromatic rings. The Bertz CT molecular complexity index is 476. The zero-order valence-electron chi connectivity index (χ0n) is 10.2. The second-order valence-electron chi connectivity index (χ2n) is 6.71. The van der Waals surface area contributed by atoms with Gasteiger partial charge in [-0.2, -0.15) is 0 Å². The van der Waals surface area contributed by atoms with Gasteiger partial charge in [0.25, 0.3) is 0 Å². The van der Waals surface area contributed by atoms with E-state index in [0.29, 0.717) is 11.8 Å². The monoisotopic (exact) mass is 244 g/mol. The van der Waals surface area contributed by atoms with Crippen LogP contribution in [0.25, 0.3) is 0 Å². The Morgan fingerprint density at radius 2 is 1.39 bits per heavy atom. The number of cyclic esters (lactones) is 2. The third-order valence-corrected chi connectivity index (χ3v) is 6.19. The van der Waals surface area contributed by atoms with Crippen LogP contribution in [0.2, 0.25) is 0 Å². The van der Waals surface area contributed by atoms with Crippen molar-refractivity contribution in [2.24, 2.45) is 35.5 Å². The lowest BCUT2D eigenvalue weighted by atomic mass is 9.76. The van der Waals surface area contributed by atoms with Crippen molar-refractivity contribution in [1.29, 1.82) is 0 Å². The molecule has 0 amide bonds. The molecule has 4 aliphatic carbocycles. The molecular formula is C15H16O3. The Balaban J connectivity index is 1.66. The lowest BCUT2D eigenvalue weighted by Gasteiger charge is -2.25. The molecule has 6 unspecified atom stereocenters. The predicted molar refractivity (Wildman–Crippen MR) is 62.2 cm³/mol. The van der Waals surface area contributed by atoms with Gasteiger partial charge in [0.05, 0.1) is 11.8 Å². The Labute approximate surface area is 106 Å². The molecular weight excluding hydrogens is 228 g/mol. The first-order valence-electron chi connectivity index (χ1n) is 7.25. The van der Waals surface area contributed by atoms with E-state index in [2.05, 4.69) is 0 Å². The van der Waals surface area contributed by atoms with Gasteiger partial charge in [0.2, 0.25) is 0 Å². The smallest absolute Gasteiger partial charge is 0.318 e. The highest BCUT2D eigenvalue weighted by molar-refractivity contribution is 5.98. The summed E-state index contributed by atoms with van der Waals surface area (Å²) in [6.45, 7) is 0. The van der Waals surface area contributed by atoms with Crippen LogP contribution < -0.4 is 0 Å². The normalized spacial score (nSPS) is 51.8. The van der Waals surface area contributed by atoms with Gasteiger partial charge in [0.1, 0.15) is 0 Å². The van der Waals surface area contributed by atoms with Crippen LogP contribution in [0.4, 0.5) is 0 Å². The number of rotatable bonds is 0. The van der Waals surface area contributed by atoms with Crippen molar-refractivity contribution in [3.63, 3.8) is 0 Å². The molecule has 1 aliphatic heterocycles. The van der Waals surface area contributed by atoms with Crippen molar-refractivity contribution in [3.05, 3.63) is 11.1 Å². The molecule has 18 heavy (non-hydrogen) atoms. The molecule has 1 heterocycles. The number of hydrogen-bond donors (Lipinski definition) is 0. The molecule has 3 fully saturated rings. The fourth-order valence-corrected chi connectivity index (χ4v) is 5.82. The topological polar surface area (TPSA) is 43.4 Å². The van der Waals surface area contributed by atoms with E-state index in [1.807, 2.05) is 0 Å². The highest BCUT2D eigenvalue weighted by Crippen LogP contribution is 2.66. The summed E-state index contributed by atoms with van der Waals surface area (Å²) in [6.07, 6.45) is 6.31. The number of esters is 2. The first-order valence-corrected chi connectivity index (χ1v) is 7.25. The van der Waals surface area contributed by atoms with Gasteiger partial charge in [-0.3, -0.25) is 9.59 Å². The standard InChI is InChI=1S/C15H16O3/c16-14-12-8-5-9(13(12)15(17)18-14)11-7-3-1-2-6(4-7)10(8)11/h6-9,12-13H,1-5H2. The maximum atomic E-state index is 11.9. The summed E-state index contributed by atoms with van der Waals surface area (Å²) >= 11 is 0. The van der Waals surface area contributed by atoms with Crippen LogP contribution in [0, 0.1) is 35.5 Å². The molecule has 0 N–H and O–H groups in total. The maximum Gasteiger partial charge on any atom is 0.318 e. The molecule has 2 saturated carbocycles. The van der Waals surface area contributed by atoms with Crippen LogP contribution in [0.5, 0.6) is 0 Å². The third kappa shape index (κ3) is 0.886. The van der Waals surface area contributed by atoms with Gasteiger partial charge in [-0.1, -0.05) is 17.6 Å². The van der Waals surface area contributed by atoms with E-state index < -0.39 is 0 Å². The number of allylic oxidation sites excluding steroid dienone is 2. The van der Waals surface area contributed by atoms with Gasteiger partial charge in [-0.05, 0) is 49.4 Å². The van der Waals surface area contributed by atoms with Crippen molar-refractivity contribution in [3.8, 4) is 0 Å². The molecule has 3 heteroatoms. The van der Waals surface area contributed by atoms with E-state index in [1.54, 1.807) is 11.1 Å². The molecule has 94 valence electrons. The minimum absolute atomic E-state index is 0.111. The zero-order valence-corrected chi connectivity index (χ0v) is 10.2. The van der Waals surface area contributed by atoms with Crippen LogP contribution in [0.15, 0.2) is 11.1 Å². The average molecular weight is 244 g/mol. The second-order valence-corrected chi connectivity index (χ2v) is 6.71. The SMILES string of the molecule is O=C1OC(=O)C2C3CC(C4=C3C3CCCC4C3)C12. The van der Waals surface area contributed by atoms with Crippen LogP contribution in [0.3, 0.4) is 0 Å². The lowest BCUT2D eigenvalue weighted by Crippen LogP contribution is -2.27. The summed E-state index contributed by atoms with van der Waals surface area (Å²) in [4.78, 5) is 23.7. The minimum atomic E-state index is -0.231. The number of hydrogen-bond acceptors (Lipinski definition) is 3. The Hall–Kier alpha value is -1.12. The predicted octanol–water partition coefficient (Wildman–Crippen LogP) is 2.07. The van der Waals surface area contributed by atoms with Gasteiger partial charge >= 0.3 is 11.9 Å². The molecule has 0 spiro atoms. The number of carbonyl (C=O) groups excluding carboxylic acids is 2. The number of carbonyl (C=O) groups is 2. The minimum Gasteiger partial charge on any atom is -0.393 e. The van der Waals surface area contributed by atoms with E-state index in [-0.39, 0.29) is 23.8 Å².